The van der Waals surface area contributed by atoms with E-state index in [1.54, 1.807) is 55.4 Å². The molecule has 2 aliphatic rings. The van der Waals surface area contributed by atoms with Gasteiger partial charge in [0.25, 0.3) is 5.91 Å². The largest absolute Gasteiger partial charge is 0.507 e. The number of aromatic nitrogens is 3. The molecule has 1 amide bonds. The van der Waals surface area contributed by atoms with Crippen LogP contribution in [-0.2, 0) is 0 Å². The average molecular weight is 499 g/mol. The maximum absolute atomic E-state index is 12.8. The molecule has 0 aliphatic carbocycles. The number of hydrogen-bond donors (Lipinski definition) is 3. The summed E-state index contributed by atoms with van der Waals surface area (Å²) < 4.78 is 5.38. The number of phenolic OH excluding ortho intramolecular Hbond substituents is 1. The number of carbonyl (C=O) groups excluding carboxylic acids is 1. The minimum Gasteiger partial charge on any atom is -0.507 e. The second-order valence-electron chi connectivity index (χ2n) is 8.34. The lowest BCUT2D eigenvalue weighted by atomic mass is 10.0. The molecule has 2 aromatic carbocycles. The number of rotatable bonds is 6. The molecule has 36 heavy (non-hydrogen) atoms. The number of ether oxygens (including phenoxy) is 1. The van der Waals surface area contributed by atoms with Gasteiger partial charge in [0, 0.05) is 35.0 Å². The molecule has 0 atom stereocenters. The van der Waals surface area contributed by atoms with Gasteiger partial charge in [-0.1, -0.05) is 17.8 Å². The van der Waals surface area contributed by atoms with Crippen LogP contribution in [0.4, 0.5) is 0 Å². The summed E-state index contributed by atoms with van der Waals surface area (Å²) in [5, 5.41) is 16.6. The number of nitrogens with zero attached hydrogens (tertiary/aromatic N) is 4. The summed E-state index contributed by atoms with van der Waals surface area (Å²) in [4.78, 5) is 31.6. The van der Waals surface area contributed by atoms with Crippen molar-refractivity contribution in [2.24, 2.45) is 4.99 Å². The second kappa shape index (κ2) is 9.04. The summed E-state index contributed by atoms with van der Waals surface area (Å²) in [6, 6.07) is 14.3. The van der Waals surface area contributed by atoms with Gasteiger partial charge in [0.15, 0.2) is 5.17 Å². The fourth-order valence-corrected chi connectivity index (χ4v) is 5.29. The number of thioether (sulfide) groups is 1. The van der Waals surface area contributed by atoms with Gasteiger partial charge in [-0.25, -0.2) is 9.97 Å². The number of phenols is 1. The predicted octanol–water partition coefficient (Wildman–Crippen LogP) is 4.00. The van der Waals surface area contributed by atoms with E-state index >= 15 is 0 Å². The number of H-pyrrole nitrogens is 1. The first kappa shape index (κ1) is 22.2. The van der Waals surface area contributed by atoms with Gasteiger partial charge in [0.2, 0.25) is 5.88 Å². The van der Waals surface area contributed by atoms with E-state index in [4.69, 9.17) is 4.74 Å². The van der Waals surface area contributed by atoms with Gasteiger partial charge in [0.1, 0.15) is 11.6 Å². The highest BCUT2D eigenvalue weighted by Crippen LogP contribution is 2.36. The Labute approximate surface area is 210 Å². The molecule has 0 spiro atoms. The predicted molar refractivity (Wildman–Crippen MR) is 140 cm³/mol. The monoisotopic (exact) mass is 498 g/mol. The zero-order valence-corrected chi connectivity index (χ0v) is 20.2. The molecule has 0 fully saturated rings. The lowest BCUT2D eigenvalue weighted by Gasteiger charge is -2.16. The minimum atomic E-state index is -0.169. The molecule has 2 aromatic heterocycles. The van der Waals surface area contributed by atoms with Gasteiger partial charge in [-0.05, 0) is 48.0 Å². The Morgan fingerprint density at radius 2 is 2.14 bits per heavy atom. The van der Waals surface area contributed by atoms with E-state index in [0.29, 0.717) is 40.4 Å². The van der Waals surface area contributed by atoms with Gasteiger partial charge >= 0.3 is 0 Å². The topological polar surface area (TPSA) is 116 Å². The number of aromatic amines is 1. The minimum absolute atomic E-state index is 0.0890. The molecule has 0 radical (unpaired) electrons. The van der Waals surface area contributed by atoms with Crippen molar-refractivity contribution in [3.05, 3.63) is 71.4 Å². The van der Waals surface area contributed by atoms with Crippen LogP contribution in [0.1, 0.15) is 10.4 Å². The highest BCUT2D eigenvalue weighted by atomic mass is 32.2. The van der Waals surface area contributed by atoms with Crippen molar-refractivity contribution >= 4 is 33.9 Å². The molecule has 4 aromatic rings. The Morgan fingerprint density at radius 3 is 3.03 bits per heavy atom. The normalized spacial score (nSPS) is 14.5. The third-order valence-electron chi connectivity index (χ3n) is 6.15. The fourth-order valence-electron chi connectivity index (χ4n) is 4.33. The van der Waals surface area contributed by atoms with Crippen LogP contribution in [0.2, 0.25) is 0 Å². The number of methoxy groups -OCH3 is 1. The number of hydrogen-bond acceptors (Lipinski definition) is 8. The first-order chi connectivity index (χ1) is 17.6. The number of fused-ring (bicyclic) bond motifs is 2. The Morgan fingerprint density at radius 1 is 1.22 bits per heavy atom. The van der Waals surface area contributed by atoms with Crippen molar-refractivity contribution in [3.63, 3.8) is 0 Å². The molecule has 180 valence electrons. The Hall–Kier alpha value is -4.31. The van der Waals surface area contributed by atoms with Gasteiger partial charge in [-0.3, -0.25) is 9.79 Å². The van der Waals surface area contributed by atoms with E-state index in [1.165, 1.54) is 0 Å². The molecule has 4 heterocycles. The van der Waals surface area contributed by atoms with E-state index in [0.717, 1.165) is 35.1 Å². The quantitative estimate of drug-likeness (QED) is 0.368. The maximum Gasteiger partial charge on any atom is 0.251 e. The second-order valence-corrected chi connectivity index (χ2v) is 9.17. The van der Waals surface area contributed by atoms with E-state index in [9.17, 15) is 9.90 Å². The third kappa shape index (κ3) is 3.95. The summed E-state index contributed by atoms with van der Waals surface area (Å²) in [6.45, 7) is 2.09. The van der Waals surface area contributed by atoms with E-state index < -0.39 is 0 Å². The summed E-state index contributed by atoms with van der Waals surface area (Å²) in [6.07, 6.45) is 1.66. The summed E-state index contributed by atoms with van der Waals surface area (Å²) >= 11 is 1.59. The number of amides is 1. The molecule has 2 aliphatic heterocycles. The van der Waals surface area contributed by atoms with Crippen LogP contribution in [0, 0.1) is 0 Å². The molecule has 10 heteroatoms. The van der Waals surface area contributed by atoms with Crippen LogP contribution in [0.3, 0.4) is 0 Å². The molecule has 0 bridgehead atoms. The number of imidazole rings is 1. The molecule has 9 nitrogen and oxygen atoms in total. The van der Waals surface area contributed by atoms with Crippen molar-refractivity contribution in [2.75, 3.05) is 26.7 Å². The smallest absolute Gasteiger partial charge is 0.251 e. The van der Waals surface area contributed by atoms with Crippen LogP contribution in [0.15, 0.2) is 70.8 Å². The zero-order valence-electron chi connectivity index (χ0n) is 19.4. The molecule has 0 saturated heterocycles. The maximum atomic E-state index is 12.8. The van der Waals surface area contributed by atoms with E-state index in [2.05, 4.69) is 30.2 Å². The number of nitrogens with one attached hydrogen (secondary N) is 2. The van der Waals surface area contributed by atoms with Crippen LogP contribution in [-0.4, -0.2) is 62.8 Å². The standard InChI is InChI=1S/C26H22N6O3S/c1-35-25-18(3-2-8-27-25)15-5-7-22(33)19(11-15)23-30-20-6-4-16(12-21(20)31-23)24(34)29-13-17-14-36-26-28-9-10-32(17)26/h2-8,11-12,14,33H,9-10,13H2,1H3,(H,29,34)(H,30,31). The van der Waals surface area contributed by atoms with Gasteiger partial charge in [-0.15, -0.1) is 0 Å². The van der Waals surface area contributed by atoms with Crippen LogP contribution < -0.4 is 10.1 Å². The van der Waals surface area contributed by atoms with E-state index in [1.807, 2.05) is 23.6 Å². The average Bonchev–Trinajstić information content (AvgIpc) is 3.63. The summed E-state index contributed by atoms with van der Waals surface area (Å²) in [5.41, 5.74) is 5.14. The van der Waals surface area contributed by atoms with Crippen molar-refractivity contribution < 1.29 is 14.6 Å². The SMILES string of the molecule is COc1ncccc1-c1ccc(O)c(-c2nc3ccc(C(=O)NCC4=CSC5=NCCN45)cc3[nH]2)c1. The molecule has 0 saturated carbocycles. The number of carbonyl (C=O) groups is 1. The Kier molecular flexibility index (Phi) is 5.57. The number of amidine groups is 1. The number of aromatic hydroxyl groups is 1. The first-order valence-electron chi connectivity index (χ1n) is 11.4. The zero-order chi connectivity index (χ0) is 24.6. The van der Waals surface area contributed by atoms with Gasteiger partial charge in [-0.2, -0.15) is 0 Å². The van der Waals surface area contributed by atoms with Crippen molar-refractivity contribution in [3.8, 4) is 34.1 Å². The summed E-state index contributed by atoms with van der Waals surface area (Å²) in [7, 11) is 1.57. The highest BCUT2D eigenvalue weighted by Gasteiger charge is 2.26. The molecular formula is C26H22N6O3S. The lowest BCUT2D eigenvalue weighted by Crippen LogP contribution is -2.32. The first-order valence-corrected chi connectivity index (χ1v) is 12.3. The van der Waals surface area contributed by atoms with Crippen molar-refractivity contribution in [2.45, 2.75) is 0 Å². The van der Waals surface area contributed by atoms with Crippen LogP contribution in [0.5, 0.6) is 11.6 Å². The number of aliphatic imine (C=N–C) groups is 1. The molecule has 0 unspecified atom stereocenters. The van der Waals surface area contributed by atoms with Crippen molar-refractivity contribution in [1.29, 1.82) is 0 Å². The lowest BCUT2D eigenvalue weighted by molar-refractivity contribution is 0.0955. The Bertz CT molecular complexity index is 1560. The molecule has 6 rings (SSSR count). The summed E-state index contributed by atoms with van der Waals surface area (Å²) in [5.74, 6) is 0.913. The Balaban J connectivity index is 1.25. The number of benzene rings is 2. The van der Waals surface area contributed by atoms with Crippen molar-refractivity contribution in [1.82, 2.24) is 25.2 Å². The third-order valence-corrected chi connectivity index (χ3v) is 7.10. The highest BCUT2D eigenvalue weighted by molar-refractivity contribution is 8.16. The van der Waals surface area contributed by atoms with E-state index in [-0.39, 0.29) is 11.7 Å². The fraction of sp³-hybridized carbons (Fsp3) is 0.154. The van der Waals surface area contributed by atoms with Crippen LogP contribution in [0.25, 0.3) is 33.5 Å². The van der Waals surface area contributed by atoms with Gasteiger partial charge in [0.05, 0.1) is 36.8 Å². The molecular weight excluding hydrogens is 476 g/mol. The number of pyridine rings is 1. The molecule has 3 N–H and O–H groups in total. The van der Waals surface area contributed by atoms with Crippen LogP contribution >= 0.6 is 11.8 Å². The van der Waals surface area contributed by atoms with Gasteiger partial charge < -0.3 is 25.0 Å².